The number of nitrogens with zero attached hydrogens (tertiary/aromatic N) is 2. The third-order valence-electron chi connectivity index (χ3n) is 5.83. The lowest BCUT2D eigenvalue weighted by Gasteiger charge is -2.36. The second-order valence-electron chi connectivity index (χ2n) is 9.22. The molecule has 0 N–H and O–H groups in total. The largest absolute Gasteiger partial charge is 0.494 e. The lowest BCUT2D eigenvalue weighted by Crippen LogP contribution is -2.40. The van der Waals surface area contributed by atoms with Gasteiger partial charge in [0.15, 0.2) is 13.9 Å². The number of carbonyl (C=O) groups excluding carboxylic acids is 1. The molecule has 7 heteroatoms. The smallest absolute Gasteiger partial charge is 0.227 e. The van der Waals surface area contributed by atoms with Gasteiger partial charge in [0, 0.05) is 5.39 Å². The van der Waals surface area contributed by atoms with Crippen LogP contribution in [-0.2, 0) is 20.6 Å². The van der Waals surface area contributed by atoms with E-state index in [1.807, 2.05) is 18.2 Å². The number of hydrogen-bond acceptors (Lipinski definition) is 5. The van der Waals surface area contributed by atoms with E-state index in [1.165, 1.54) is 6.26 Å². The molecule has 0 spiro atoms. The number of aromatic nitrogens is 2. The van der Waals surface area contributed by atoms with Crippen molar-refractivity contribution in [1.29, 1.82) is 0 Å². The minimum Gasteiger partial charge on any atom is -0.494 e. The molecular weight excluding hydrogens is 372 g/mol. The summed E-state index contributed by atoms with van der Waals surface area (Å²) in [6.45, 7) is 14.9. The van der Waals surface area contributed by atoms with Crippen LogP contribution in [0.4, 0.5) is 0 Å². The van der Waals surface area contributed by atoms with Crippen molar-refractivity contribution in [3.05, 3.63) is 30.2 Å². The summed E-state index contributed by atoms with van der Waals surface area (Å²) in [4.78, 5) is 12.9. The SMILES string of the molecule is COc1cccc2c(CO[Si](C)(C)C(C)(C)C)n(C3=COC(C)(C)C3=O)nc12. The summed E-state index contributed by atoms with van der Waals surface area (Å²) in [5.41, 5.74) is 1.06. The van der Waals surface area contributed by atoms with Crippen LogP contribution in [0.25, 0.3) is 16.6 Å². The summed E-state index contributed by atoms with van der Waals surface area (Å²) < 4.78 is 19.2. The number of fused-ring (bicyclic) bond motifs is 1. The summed E-state index contributed by atoms with van der Waals surface area (Å²) in [6.07, 6.45) is 1.50. The normalized spacial score (nSPS) is 17.0. The van der Waals surface area contributed by atoms with Crippen LogP contribution in [0.3, 0.4) is 0 Å². The Balaban J connectivity index is 2.11. The summed E-state index contributed by atoms with van der Waals surface area (Å²) in [7, 11) is -0.369. The molecule has 3 rings (SSSR count). The number of ether oxygens (including phenoxy) is 2. The third-order valence-corrected chi connectivity index (χ3v) is 10.3. The van der Waals surface area contributed by atoms with Crippen LogP contribution in [0.15, 0.2) is 24.5 Å². The van der Waals surface area contributed by atoms with Crippen molar-refractivity contribution in [2.45, 2.75) is 65.0 Å². The van der Waals surface area contributed by atoms with Gasteiger partial charge in [-0.05, 0) is 38.0 Å². The fourth-order valence-corrected chi connectivity index (χ4v) is 3.80. The van der Waals surface area contributed by atoms with Gasteiger partial charge in [0.05, 0.1) is 19.4 Å². The van der Waals surface area contributed by atoms with E-state index < -0.39 is 13.9 Å². The van der Waals surface area contributed by atoms with E-state index in [9.17, 15) is 4.79 Å². The van der Waals surface area contributed by atoms with Gasteiger partial charge in [-0.2, -0.15) is 5.10 Å². The predicted octanol–water partition coefficient (Wildman–Crippen LogP) is 4.74. The topological polar surface area (TPSA) is 62.6 Å². The highest BCUT2D eigenvalue weighted by Gasteiger charge is 2.41. The van der Waals surface area contributed by atoms with Crippen molar-refractivity contribution in [1.82, 2.24) is 9.78 Å². The van der Waals surface area contributed by atoms with Gasteiger partial charge in [-0.1, -0.05) is 32.9 Å². The van der Waals surface area contributed by atoms with Crippen molar-refractivity contribution in [2.75, 3.05) is 7.11 Å². The summed E-state index contributed by atoms with van der Waals surface area (Å²) in [6, 6.07) is 5.77. The lowest BCUT2D eigenvalue weighted by molar-refractivity contribution is -0.125. The molecule has 0 amide bonds. The molecule has 152 valence electrons. The molecule has 0 saturated carbocycles. The quantitative estimate of drug-likeness (QED) is 0.676. The maximum atomic E-state index is 12.9. The van der Waals surface area contributed by atoms with Crippen LogP contribution in [0.1, 0.15) is 40.3 Å². The zero-order valence-corrected chi connectivity index (χ0v) is 19.0. The zero-order chi connectivity index (χ0) is 20.9. The van der Waals surface area contributed by atoms with Crippen LogP contribution in [0.2, 0.25) is 18.1 Å². The van der Waals surface area contributed by atoms with Gasteiger partial charge < -0.3 is 13.9 Å². The number of benzene rings is 1. The monoisotopic (exact) mass is 402 g/mol. The Morgan fingerprint density at radius 3 is 2.46 bits per heavy atom. The van der Waals surface area contributed by atoms with Crippen molar-refractivity contribution >= 4 is 30.7 Å². The van der Waals surface area contributed by atoms with Gasteiger partial charge in [-0.3, -0.25) is 4.79 Å². The fourth-order valence-electron chi connectivity index (χ4n) is 2.87. The predicted molar refractivity (Wildman–Crippen MR) is 113 cm³/mol. The number of Topliss-reactive ketones (excluding diaryl/α,β-unsaturated/α-hetero) is 1. The third kappa shape index (κ3) is 3.37. The molecule has 0 unspecified atom stereocenters. The molecule has 28 heavy (non-hydrogen) atoms. The first-order valence-electron chi connectivity index (χ1n) is 9.51. The number of carbonyl (C=O) groups is 1. The molecule has 2 heterocycles. The fraction of sp³-hybridized carbons (Fsp3) is 0.524. The highest BCUT2D eigenvalue weighted by atomic mass is 28.4. The Morgan fingerprint density at radius 1 is 1.25 bits per heavy atom. The van der Waals surface area contributed by atoms with E-state index in [4.69, 9.17) is 19.0 Å². The maximum Gasteiger partial charge on any atom is 0.227 e. The second-order valence-corrected chi connectivity index (χ2v) is 14.0. The van der Waals surface area contributed by atoms with E-state index in [0.717, 1.165) is 11.1 Å². The Morgan fingerprint density at radius 2 is 1.93 bits per heavy atom. The Labute approximate surface area is 167 Å². The molecule has 1 aliphatic heterocycles. The minimum atomic E-state index is -1.99. The highest BCUT2D eigenvalue weighted by Crippen LogP contribution is 2.39. The van der Waals surface area contributed by atoms with Crippen LogP contribution in [-0.4, -0.2) is 36.6 Å². The first-order chi connectivity index (χ1) is 12.9. The highest BCUT2D eigenvalue weighted by molar-refractivity contribution is 6.74. The molecule has 0 aliphatic carbocycles. The molecule has 0 radical (unpaired) electrons. The van der Waals surface area contributed by atoms with Crippen LogP contribution >= 0.6 is 0 Å². The molecule has 1 aromatic heterocycles. The van der Waals surface area contributed by atoms with E-state index in [1.54, 1.807) is 25.6 Å². The van der Waals surface area contributed by atoms with E-state index in [-0.39, 0.29) is 10.8 Å². The van der Waals surface area contributed by atoms with Gasteiger partial charge in [0.25, 0.3) is 0 Å². The molecule has 0 saturated heterocycles. The van der Waals surface area contributed by atoms with Crippen LogP contribution in [0, 0.1) is 0 Å². The average molecular weight is 403 g/mol. The Kier molecular flexibility index (Phi) is 4.96. The summed E-state index contributed by atoms with van der Waals surface area (Å²) >= 11 is 0. The molecule has 6 nitrogen and oxygen atoms in total. The number of ketones is 1. The first-order valence-corrected chi connectivity index (χ1v) is 12.4. The Bertz CT molecular complexity index is 951. The number of rotatable bonds is 5. The minimum absolute atomic E-state index is 0.0822. The molecule has 2 aromatic rings. The van der Waals surface area contributed by atoms with Gasteiger partial charge in [-0.25, -0.2) is 4.68 Å². The molecule has 0 bridgehead atoms. The van der Waals surface area contributed by atoms with Gasteiger partial charge >= 0.3 is 0 Å². The molecule has 0 fully saturated rings. The molecular formula is C21H30N2O4Si. The zero-order valence-electron chi connectivity index (χ0n) is 18.0. The van der Waals surface area contributed by atoms with Crippen molar-refractivity contribution in [2.24, 2.45) is 0 Å². The lowest BCUT2D eigenvalue weighted by atomic mass is 10.0. The number of hydrogen-bond donors (Lipinski definition) is 0. The van der Waals surface area contributed by atoms with Crippen LogP contribution in [0.5, 0.6) is 5.75 Å². The van der Waals surface area contributed by atoms with Crippen molar-refractivity contribution < 1.29 is 18.7 Å². The van der Waals surface area contributed by atoms with Gasteiger partial charge in [0.1, 0.15) is 23.2 Å². The second kappa shape index (κ2) is 6.74. The summed E-state index contributed by atoms with van der Waals surface area (Å²) in [5, 5.41) is 5.70. The van der Waals surface area contributed by atoms with Gasteiger partial charge in [0.2, 0.25) is 5.78 Å². The number of methoxy groups -OCH3 is 1. The summed E-state index contributed by atoms with van der Waals surface area (Å²) in [5.74, 6) is 0.559. The molecule has 0 atom stereocenters. The van der Waals surface area contributed by atoms with E-state index in [2.05, 4.69) is 33.9 Å². The Hall–Kier alpha value is -2.12. The van der Waals surface area contributed by atoms with Crippen LogP contribution < -0.4 is 4.74 Å². The average Bonchev–Trinajstić information content (AvgIpc) is 3.09. The van der Waals surface area contributed by atoms with Crippen molar-refractivity contribution in [3.63, 3.8) is 0 Å². The van der Waals surface area contributed by atoms with E-state index in [0.29, 0.717) is 23.6 Å². The standard InChI is InChI=1S/C21H30N2O4Si/c1-20(2,3)28(7,8)27-13-15-14-10-9-11-17(25-6)18(14)22-23(15)16-12-26-21(4,5)19(16)24/h9-12H,13H2,1-8H3. The first kappa shape index (κ1) is 20.6. The molecule has 1 aromatic carbocycles. The van der Waals surface area contributed by atoms with Crippen molar-refractivity contribution in [3.8, 4) is 5.75 Å². The molecule has 1 aliphatic rings. The van der Waals surface area contributed by atoms with Gasteiger partial charge in [-0.15, -0.1) is 0 Å². The van der Waals surface area contributed by atoms with E-state index >= 15 is 0 Å². The maximum absolute atomic E-state index is 12.9.